The second-order valence-electron chi connectivity index (χ2n) is 0. The Kier molecular flexibility index (Phi) is 3240. The van der Waals surface area contributed by atoms with Crippen LogP contribution in [-0.4, -0.2) is 50.5 Å². The van der Waals surface area contributed by atoms with Gasteiger partial charge in [0.1, 0.15) is 0 Å². The largest absolute Gasteiger partial charge is 0 e. The van der Waals surface area contributed by atoms with Crippen LogP contribution in [0.5, 0.6) is 0 Å². The molecule has 0 atom stereocenters. The molecule has 0 aromatic heterocycles. The minimum Gasteiger partial charge on any atom is 0 e. The molecule has 0 aromatic carbocycles. The van der Waals surface area contributed by atoms with Crippen molar-refractivity contribution in [3.63, 3.8) is 0 Å². The van der Waals surface area contributed by atoms with Gasteiger partial charge < -0.3 is 0 Å². The van der Waals surface area contributed by atoms with Crippen molar-refractivity contribution in [1.29, 1.82) is 0 Å². The molecule has 0 amide bonds. The molecule has 0 rings (SSSR count). The third kappa shape index (κ3) is 88.9. The number of hydrogen-bond donors (Lipinski definition) is 0. The molecular weight excluding hydrogens is 227 g/mol. The number of rotatable bonds is 0. The summed E-state index contributed by atoms with van der Waals surface area (Å²) in [4.78, 5) is 0. The summed E-state index contributed by atoms with van der Waals surface area (Å²) >= 11 is 0. The second-order valence-corrected chi connectivity index (χ2v) is 0. The molecule has 0 saturated carbocycles. The van der Waals surface area contributed by atoms with Crippen LogP contribution in [0.1, 0.15) is 0 Å². The fourth-order valence-corrected chi connectivity index (χ4v) is 0. The first-order chi connectivity index (χ1) is 0. The zero-order chi connectivity index (χ0) is 0. The van der Waals surface area contributed by atoms with E-state index in [4.69, 9.17) is 0 Å². The molecule has 0 nitrogen and oxygen atoms in total. The minimum atomic E-state index is 0. The Morgan fingerprint density at radius 2 is 0.286 bits per heavy atom. The quantitative estimate of drug-likeness (QED) is 0.409. The molecule has 0 saturated heterocycles. The normalized spacial score (nSPS) is 0. The molecule has 0 aliphatic carbocycles. The first-order valence-electron chi connectivity index (χ1n) is 0. The molecule has 0 N–H and O–H groups in total. The average Bonchev–Trinajstić information content (AvgIpc) is 0. The van der Waals surface area contributed by atoms with Crippen molar-refractivity contribution in [1.82, 2.24) is 0 Å². The van der Waals surface area contributed by atoms with Gasteiger partial charge in [-0.15, -0.1) is 0 Å². The molecule has 28 valence electrons. The van der Waals surface area contributed by atoms with Crippen LogP contribution in [0.15, 0.2) is 0 Å². The second kappa shape index (κ2) is 123. The Morgan fingerprint density at radius 1 is 0.286 bits per heavy atom. The van der Waals surface area contributed by atoms with Crippen molar-refractivity contribution in [2.75, 3.05) is 0 Å². The Bertz CT molecular complexity index is 4.14. The van der Waals surface area contributed by atoms with Crippen LogP contribution in [-0.2, 0) is 0 Å². The van der Waals surface area contributed by atoms with E-state index in [1.54, 1.807) is 0 Å². The molecule has 0 unspecified atom stereocenters. The van der Waals surface area contributed by atoms with Gasteiger partial charge in [0.2, 0.25) is 0 Å². The summed E-state index contributed by atoms with van der Waals surface area (Å²) in [6.45, 7) is 0. The van der Waals surface area contributed by atoms with Crippen LogP contribution >= 0.6 is 0 Å². The molecule has 7 heteroatoms. The van der Waals surface area contributed by atoms with E-state index in [-0.39, 0.29) is 88.7 Å². The maximum atomic E-state index is 0. The van der Waals surface area contributed by atoms with E-state index in [1.165, 1.54) is 0 Å². The van der Waals surface area contributed by atoms with Crippen molar-refractivity contribution >= 4 is 50.5 Å². The third-order valence-electron chi connectivity index (χ3n) is 0. The molecule has 0 bridgehead atoms. The molecule has 7 heavy (non-hydrogen) atoms. The van der Waals surface area contributed by atoms with E-state index in [9.17, 15) is 0 Å². The van der Waals surface area contributed by atoms with Gasteiger partial charge in [0.15, 0.2) is 0 Å². The summed E-state index contributed by atoms with van der Waals surface area (Å²) in [5, 5.41) is 0. The van der Waals surface area contributed by atoms with Crippen molar-refractivity contribution in [2.24, 2.45) is 0 Å². The van der Waals surface area contributed by atoms with Gasteiger partial charge in [0, 0.05) is 88.7 Å². The minimum absolute atomic E-state index is 0. The summed E-state index contributed by atoms with van der Waals surface area (Å²) in [6, 6.07) is 0. The predicted octanol–water partition coefficient (Wildman–Crippen LogP) is -2.28. The van der Waals surface area contributed by atoms with Gasteiger partial charge in [-0.05, 0) is 0 Å². The Balaban J connectivity index is 0. The molecule has 0 aliphatic heterocycles. The van der Waals surface area contributed by atoms with Crippen molar-refractivity contribution in [3.05, 3.63) is 0 Å². The Hall–Kier alpha value is 1.66. The monoisotopic (exact) mass is 230 g/mol. The maximum absolute atomic E-state index is 0. The summed E-state index contributed by atoms with van der Waals surface area (Å²) in [7, 11) is 0. The van der Waals surface area contributed by atoms with Gasteiger partial charge in [0.25, 0.3) is 0 Å². The third-order valence-corrected chi connectivity index (χ3v) is 0. The topological polar surface area (TPSA) is 0 Å². The van der Waals surface area contributed by atoms with Crippen LogP contribution in [0.25, 0.3) is 0 Å². The number of hydrogen-bond acceptors (Lipinski definition) is 0. The zero-order valence-corrected chi connectivity index (χ0v) is 5.81. The van der Waals surface area contributed by atoms with Crippen LogP contribution < -0.4 is 0 Å². The van der Waals surface area contributed by atoms with Crippen LogP contribution in [0.2, 0.25) is 0 Å². The van der Waals surface area contributed by atoms with Gasteiger partial charge in [-0.25, -0.2) is 0 Å². The molecule has 0 aliphatic rings. The van der Waals surface area contributed by atoms with Crippen LogP contribution in [0.4, 0.5) is 0 Å². The first kappa shape index (κ1) is 184. The predicted molar refractivity (Wildman–Crippen MR) is 34.5 cm³/mol. The van der Waals surface area contributed by atoms with Crippen LogP contribution in [0, 0.1) is 38.2 Å². The van der Waals surface area contributed by atoms with E-state index in [2.05, 4.69) is 0 Å². The van der Waals surface area contributed by atoms with Gasteiger partial charge in [0.05, 0.1) is 0 Å². The standard InChI is InChI=1S/6B.Dy. The van der Waals surface area contributed by atoms with Crippen molar-refractivity contribution < 1.29 is 38.2 Å². The molecular formula is B6Dy. The maximum Gasteiger partial charge on any atom is 0 e. The fraction of sp³-hybridized carbons (Fsp3) is 0. The van der Waals surface area contributed by atoms with E-state index < -0.39 is 0 Å². The SMILES string of the molecule is [B].[B].[B].[B].[B].[B].[Dy]. The average molecular weight is 227 g/mol. The summed E-state index contributed by atoms with van der Waals surface area (Å²) in [6.07, 6.45) is 0. The van der Waals surface area contributed by atoms with Crippen molar-refractivity contribution in [3.8, 4) is 0 Å². The van der Waals surface area contributed by atoms with E-state index >= 15 is 0 Å². The summed E-state index contributed by atoms with van der Waals surface area (Å²) < 4.78 is 0. The first-order valence-corrected chi connectivity index (χ1v) is 0. The Labute approximate surface area is 87.8 Å². The molecule has 18 radical (unpaired) electrons. The van der Waals surface area contributed by atoms with Gasteiger partial charge >= 0.3 is 0 Å². The summed E-state index contributed by atoms with van der Waals surface area (Å²) in [5.41, 5.74) is 0. The van der Waals surface area contributed by atoms with Crippen molar-refractivity contribution in [2.45, 2.75) is 0 Å². The Morgan fingerprint density at radius 3 is 0.286 bits per heavy atom. The molecule has 0 heterocycles. The molecule has 0 aromatic rings. The molecule has 0 fully saturated rings. The van der Waals surface area contributed by atoms with E-state index in [0.717, 1.165) is 0 Å². The smallest absolute Gasteiger partial charge is 0 e. The van der Waals surface area contributed by atoms with Gasteiger partial charge in [-0.2, -0.15) is 0 Å². The van der Waals surface area contributed by atoms with E-state index in [0.29, 0.717) is 0 Å². The zero-order valence-electron chi connectivity index (χ0n) is 3.78. The van der Waals surface area contributed by atoms with E-state index in [1.807, 2.05) is 0 Å². The van der Waals surface area contributed by atoms with Gasteiger partial charge in [-0.3, -0.25) is 0 Å². The van der Waals surface area contributed by atoms with Crippen LogP contribution in [0.3, 0.4) is 0 Å². The fourth-order valence-electron chi connectivity index (χ4n) is 0. The molecule has 0 spiro atoms. The van der Waals surface area contributed by atoms with Gasteiger partial charge in [-0.1, -0.05) is 0 Å². The summed E-state index contributed by atoms with van der Waals surface area (Å²) in [5.74, 6) is 0.